The molecular formula is C18H17ClN2O4. The van der Waals surface area contributed by atoms with Gasteiger partial charge in [-0.15, -0.1) is 11.6 Å². The van der Waals surface area contributed by atoms with Crippen molar-refractivity contribution < 1.29 is 19.1 Å². The maximum atomic E-state index is 12.4. The Hall–Kier alpha value is -2.86. The summed E-state index contributed by atoms with van der Waals surface area (Å²) in [5, 5.41) is 4.94. The molecule has 0 aliphatic carbocycles. The van der Waals surface area contributed by atoms with Crippen molar-refractivity contribution in [2.45, 2.75) is 5.66 Å². The lowest BCUT2D eigenvalue weighted by atomic mass is 10.1. The van der Waals surface area contributed by atoms with Crippen LogP contribution in [0.2, 0.25) is 0 Å². The SMILES string of the molecule is COC(=O)C(CCl)(NC(=O)c1ccccc1)NC(=O)c1ccccc1. The van der Waals surface area contributed by atoms with Gasteiger partial charge in [0, 0.05) is 11.1 Å². The average Bonchev–Trinajstić information content (AvgIpc) is 2.67. The average molecular weight is 361 g/mol. The third-order valence-electron chi connectivity index (χ3n) is 3.46. The highest BCUT2D eigenvalue weighted by Crippen LogP contribution is 2.11. The lowest BCUT2D eigenvalue weighted by Crippen LogP contribution is -2.67. The number of alkyl halides is 1. The van der Waals surface area contributed by atoms with Crippen LogP contribution in [0.1, 0.15) is 20.7 Å². The van der Waals surface area contributed by atoms with Crippen LogP contribution in [0, 0.1) is 0 Å². The number of methoxy groups -OCH3 is 1. The second-order valence-electron chi connectivity index (χ2n) is 5.17. The molecule has 6 nitrogen and oxygen atoms in total. The molecule has 25 heavy (non-hydrogen) atoms. The molecule has 0 spiro atoms. The number of carbonyl (C=O) groups is 3. The molecule has 0 saturated heterocycles. The van der Waals surface area contributed by atoms with E-state index in [0.29, 0.717) is 11.1 Å². The van der Waals surface area contributed by atoms with Gasteiger partial charge in [0.2, 0.25) is 5.66 Å². The predicted octanol–water partition coefficient (Wildman–Crippen LogP) is 1.95. The fourth-order valence-corrected chi connectivity index (χ4v) is 2.38. The van der Waals surface area contributed by atoms with Crippen LogP contribution in [0.3, 0.4) is 0 Å². The Morgan fingerprint density at radius 3 is 1.60 bits per heavy atom. The molecule has 130 valence electrons. The number of nitrogens with one attached hydrogen (secondary N) is 2. The van der Waals surface area contributed by atoms with Crippen molar-refractivity contribution in [1.29, 1.82) is 0 Å². The van der Waals surface area contributed by atoms with E-state index in [0.717, 1.165) is 7.11 Å². The zero-order chi connectivity index (χ0) is 18.3. The minimum absolute atomic E-state index is 0.315. The summed E-state index contributed by atoms with van der Waals surface area (Å²) in [5.74, 6) is -2.42. The van der Waals surface area contributed by atoms with E-state index in [1.54, 1.807) is 60.7 Å². The van der Waals surface area contributed by atoms with Crippen LogP contribution in [-0.4, -0.2) is 36.4 Å². The third-order valence-corrected chi connectivity index (χ3v) is 3.86. The van der Waals surface area contributed by atoms with Crippen LogP contribution in [0.4, 0.5) is 0 Å². The van der Waals surface area contributed by atoms with Gasteiger partial charge in [-0.05, 0) is 24.3 Å². The summed E-state index contributed by atoms with van der Waals surface area (Å²) in [5.41, 5.74) is -1.26. The number of hydrogen-bond donors (Lipinski definition) is 2. The first-order chi connectivity index (χ1) is 12.0. The van der Waals surface area contributed by atoms with Crippen molar-refractivity contribution in [2.24, 2.45) is 0 Å². The first kappa shape index (κ1) is 18.5. The number of rotatable bonds is 6. The van der Waals surface area contributed by atoms with Crippen molar-refractivity contribution in [3.05, 3.63) is 71.8 Å². The van der Waals surface area contributed by atoms with E-state index in [1.165, 1.54) is 0 Å². The monoisotopic (exact) mass is 360 g/mol. The van der Waals surface area contributed by atoms with Gasteiger partial charge in [-0.3, -0.25) is 9.59 Å². The first-order valence-electron chi connectivity index (χ1n) is 7.42. The fraction of sp³-hybridized carbons (Fsp3) is 0.167. The van der Waals surface area contributed by atoms with Crippen LogP contribution in [0.15, 0.2) is 60.7 Å². The number of amides is 2. The molecule has 0 aliphatic rings. The van der Waals surface area contributed by atoms with E-state index in [9.17, 15) is 14.4 Å². The van der Waals surface area contributed by atoms with Crippen molar-refractivity contribution in [1.82, 2.24) is 10.6 Å². The molecule has 2 aromatic rings. The van der Waals surface area contributed by atoms with Gasteiger partial charge in [0.05, 0.1) is 13.0 Å². The maximum Gasteiger partial charge on any atom is 0.354 e. The smallest absolute Gasteiger partial charge is 0.354 e. The lowest BCUT2D eigenvalue weighted by molar-refractivity contribution is -0.148. The van der Waals surface area contributed by atoms with Gasteiger partial charge in [0.25, 0.3) is 11.8 Å². The van der Waals surface area contributed by atoms with Crippen molar-refractivity contribution in [2.75, 3.05) is 13.0 Å². The Kier molecular flexibility index (Phi) is 6.14. The van der Waals surface area contributed by atoms with Gasteiger partial charge < -0.3 is 15.4 Å². The van der Waals surface area contributed by atoms with E-state index in [4.69, 9.17) is 16.3 Å². The summed E-state index contributed by atoms with van der Waals surface area (Å²) in [6, 6.07) is 16.5. The summed E-state index contributed by atoms with van der Waals surface area (Å²) in [4.78, 5) is 37.1. The zero-order valence-corrected chi connectivity index (χ0v) is 14.2. The van der Waals surface area contributed by atoms with Crippen molar-refractivity contribution >= 4 is 29.4 Å². The minimum Gasteiger partial charge on any atom is -0.466 e. The number of halogens is 1. The number of carbonyl (C=O) groups excluding carboxylic acids is 3. The molecule has 2 amide bonds. The second kappa shape index (κ2) is 8.30. The van der Waals surface area contributed by atoms with Gasteiger partial charge >= 0.3 is 5.97 Å². The molecule has 0 saturated carbocycles. The summed E-state index contributed by atoms with van der Waals surface area (Å²) in [7, 11) is 1.15. The highest BCUT2D eigenvalue weighted by Gasteiger charge is 2.42. The number of esters is 1. The standard InChI is InChI=1S/C18H17ClN2O4/c1-25-17(24)18(12-19,20-15(22)13-8-4-2-5-9-13)21-16(23)14-10-6-3-7-11-14/h2-11H,12H2,1H3,(H,20,22)(H,21,23). The first-order valence-corrected chi connectivity index (χ1v) is 7.95. The van der Waals surface area contributed by atoms with E-state index in [1.807, 2.05) is 0 Å². The zero-order valence-electron chi connectivity index (χ0n) is 13.5. The van der Waals surface area contributed by atoms with Gasteiger partial charge in [-0.1, -0.05) is 36.4 Å². The van der Waals surface area contributed by atoms with Crippen LogP contribution >= 0.6 is 11.6 Å². The fourth-order valence-electron chi connectivity index (χ4n) is 2.14. The summed E-state index contributed by atoms with van der Waals surface area (Å²) in [6.07, 6.45) is 0. The highest BCUT2D eigenvalue weighted by molar-refractivity contribution is 6.21. The Morgan fingerprint density at radius 1 is 0.880 bits per heavy atom. The predicted molar refractivity (Wildman–Crippen MR) is 93.3 cm³/mol. The quantitative estimate of drug-likeness (QED) is 0.468. The van der Waals surface area contributed by atoms with E-state index in [2.05, 4.69) is 10.6 Å². The molecule has 0 bridgehead atoms. The highest BCUT2D eigenvalue weighted by atomic mass is 35.5. The van der Waals surface area contributed by atoms with Crippen LogP contribution in [0.25, 0.3) is 0 Å². The van der Waals surface area contributed by atoms with Crippen LogP contribution in [0.5, 0.6) is 0 Å². The van der Waals surface area contributed by atoms with Gasteiger partial charge in [-0.2, -0.15) is 0 Å². The van der Waals surface area contributed by atoms with Gasteiger partial charge in [-0.25, -0.2) is 4.79 Å². The summed E-state index contributed by atoms with van der Waals surface area (Å²) in [6.45, 7) is 0. The normalized spacial score (nSPS) is 10.6. The van der Waals surface area contributed by atoms with E-state index in [-0.39, 0.29) is 0 Å². The number of hydrogen-bond acceptors (Lipinski definition) is 4. The molecule has 0 fully saturated rings. The van der Waals surface area contributed by atoms with Crippen LogP contribution < -0.4 is 10.6 Å². The molecule has 2 N–H and O–H groups in total. The molecule has 7 heteroatoms. The summed E-state index contributed by atoms with van der Waals surface area (Å²) >= 11 is 5.93. The molecule has 2 aromatic carbocycles. The maximum absolute atomic E-state index is 12.4. The molecule has 2 rings (SSSR count). The van der Waals surface area contributed by atoms with E-state index < -0.39 is 29.3 Å². The molecule has 0 aromatic heterocycles. The van der Waals surface area contributed by atoms with Gasteiger partial charge in [0.15, 0.2) is 0 Å². The molecule has 0 heterocycles. The topological polar surface area (TPSA) is 84.5 Å². The lowest BCUT2D eigenvalue weighted by Gasteiger charge is -2.30. The Balaban J connectivity index is 2.29. The molecule has 0 atom stereocenters. The summed E-state index contributed by atoms with van der Waals surface area (Å²) < 4.78 is 4.73. The van der Waals surface area contributed by atoms with Crippen LogP contribution in [-0.2, 0) is 9.53 Å². The third kappa shape index (κ3) is 4.36. The molecule has 0 aliphatic heterocycles. The minimum atomic E-state index is -1.89. The largest absolute Gasteiger partial charge is 0.466 e. The Labute approximate surface area is 150 Å². The second-order valence-corrected chi connectivity index (χ2v) is 5.44. The number of benzene rings is 2. The van der Waals surface area contributed by atoms with E-state index >= 15 is 0 Å². The molecule has 0 unspecified atom stereocenters. The van der Waals surface area contributed by atoms with Crippen molar-refractivity contribution in [3.8, 4) is 0 Å². The van der Waals surface area contributed by atoms with Gasteiger partial charge in [0.1, 0.15) is 0 Å². The van der Waals surface area contributed by atoms with Crippen molar-refractivity contribution in [3.63, 3.8) is 0 Å². The number of ether oxygens (including phenoxy) is 1. The Morgan fingerprint density at radius 2 is 1.28 bits per heavy atom. The molecular weight excluding hydrogens is 344 g/mol. The Bertz CT molecular complexity index is 697. The molecule has 0 radical (unpaired) electrons.